The second kappa shape index (κ2) is 7.52. The number of nitrogens with zero attached hydrogens (tertiary/aromatic N) is 4. The summed E-state index contributed by atoms with van der Waals surface area (Å²) >= 11 is 0. The van der Waals surface area contributed by atoms with Crippen LogP contribution in [0.15, 0.2) is 48.8 Å². The number of carbonyl (C=O) groups is 1. The van der Waals surface area contributed by atoms with E-state index in [1.165, 1.54) is 0 Å². The Kier molecular flexibility index (Phi) is 4.98. The zero-order valence-corrected chi connectivity index (χ0v) is 14.0. The van der Waals surface area contributed by atoms with Crippen LogP contribution in [0.2, 0.25) is 0 Å². The summed E-state index contributed by atoms with van der Waals surface area (Å²) in [7, 11) is 3.44. The summed E-state index contributed by atoms with van der Waals surface area (Å²) in [5, 5.41) is 11.1. The summed E-state index contributed by atoms with van der Waals surface area (Å²) in [5.74, 6) is 1.21. The number of methoxy groups -OCH3 is 1. The summed E-state index contributed by atoms with van der Waals surface area (Å²) < 4.78 is 14.0. The molecule has 2 heterocycles. The van der Waals surface area contributed by atoms with Gasteiger partial charge in [-0.2, -0.15) is 10.2 Å². The minimum Gasteiger partial charge on any atom is -0.497 e. The largest absolute Gasteiger partial charge is 0.497 e. The first-order valence-electron chi connectivity index (χ1n) is 7.71. The van der Waals surface area contributed by atoms with E-state index in [-0.39, 0.29) is 12.6 Å². The van der Waals surface area contributed by atoms with Crippen LogP contribution in [0.25, 0.3) is 0 Å². The molecule has 0 aliphatic rings. The minimum absolute atomic E-state index is 0.210. The van der Waals surface area contributed by atoms with Crippen molar-refractivity contribution in [2.45, 2.75) is 13.3 Å². The van der Waals surface area contributed by atoms with Gasteiger partial charge >= 0.3 is 0 Å². The normalized spacial score (nSPS) is 10.5. The molecule has 2 aromatic heterocycles. The molecule has 0 aliphatic heterocycles. The molecule has 0 aliphatic carbocycles. The van der Waals surface area contributed by atoms with E-state index in [4.69, 9.17) is 9.47 Å². The van der Waals surface area contributed by atoms with Crippen LogP contribution in [0.5, 0.6) is 11.5 Å². The molecule has 1 N–H and O–H groups in total. The molecule has 1 aromatic carbocycles. The van der Waals surface area contributed by atoms with Crippen molar-refractivity contribution in [1.29, 1.82) is 0 Å². The second-order valence-electron chi connectivity index (χ2n) is 5.32. The van der Waals surface area contributed by atoms with Crippen molar-refractivity contribution < 1.29 is 14.3 Å². The Bertz CT molecular complexity index is 838. The van der Waals surface area contributed by atoms with Gasteiger partial charge in [-0.05, 0) is 36.4 Å². The molecule has 0 saturated heterocycles. The molecule has 1 amide bonds. The molecular formula is C17H19N5O3. The van der Waals surface area contributed by atoms with Gasteiger partial charge in [-0.15, -0.1) is 0 Å². The van der Waals surface area contributed by atoms with Gasteiger partial charge in [-0.25, -0.2) is 4.68 Å². The fourth-order valence-corrected chi connectivity index (χ4v) is 2.20. The maximum atomic E-state index is 12.1. The maximum Gasteiger partial charge on any atom is 0.272 e. The van der Waals surface area contributed by atoms with Crippen LogP contribution in [0.1, 0.15) is 16.2 Å². The lowest BCUT2D eigenvalue weighted by Crippen LogP contribution is -2.24. The SMILES string of the molecule is COc1ccc(OCn2ccc(C(=O)NCc3ccnn3C)n2)cc1. The van der Waals surface area contributed by atoms with Crippen LogP contribution >= 0.6 is 0 Å². The average Bonchev–Trinajstić information content (AvgIpc) is 3.27. The standard InChI is InChI=1S/C17H19N5O3/c1-21-13(7-9-19-21)11-18-17(23)16-8-10-22(20-16)12-25-15-5-3-14(24-2)4-6-15/h3-10H,11-12H2,1-2H3,(H,18,23). The molecule has 0 bridgehead atoms. The molecule has 0 fully saturated rings. The summed E-state index contributed by atoms with van der Waals surface area (Å²) in [4.78, 5) is 12.1. The molecule has 0 unspecified atom stereocenters. The van der Waals surface area contributed by atoms with Gasteiger partial charge in [-0.3, -0.25) is 9.48 Å². The molecule has 8 nitrogen and oxygen atoms in total. The number of ether oxygens (including phenoxy) is 2. The number of nitrogens with one attached hydrogen (secondary N) is 1. The Morgan fingerprint density at radius 1 is 1.16 bits per heavy atom. The van der Waals surface area contributed by atoms with Crippen LogP contribution in [0.4, 0.5) is 0 Å². The van der Waals surface area contributed by atoms with Crippen LogP contribution in [0, 0.1) is 0 Å². The first kappa shape index (κ1) is 16.6. The quantitative estimate of drug-likeness (QED) is 0.706. The summed E-state index contributed by atoms with van der Waals surface area (Å²) in [6.45, 7) is 0.603. The first-order valence-corrected chi connectivity index (χ1v) is 7.71. The fraction of sp³-hybridized carbons (Fsp3) is 0.235. The molecule has 3 aromatic rings. The number of rotatable bonds is 7. The lowest BCUT2D eigenvalue weighted by molar-refractivity contribution is 0.0943. The van der Waals surface area contributed by atoms with E-state index in [2.05, 4.69) is 15.5 Å². The van der Waals surface area contributed by atoms with Crippen LogP contribution in [0.3, 0.4) is 0 Å². The van der Waals surface area contributed by atoms with Gasteiger partial charge in [0, 0.05) is 19.4 Å². The predicted octanol–water partition coefficient (Wildman–Crippen LogP) is 1.59. The molecule has 25 heavy (non-hydrogen) atoms. The third-order valence-corrected chi connectivity index (χ3v) is 3.65. The predicted molar refractivity (Wildman–Crippen MR) is 90.2 cm³/mol. The lowest BCUT2D eigenvalue weighted by atomic mass is 10.3. The van der Waals surface area contributed by atoms with Crippen molar-refractivity contribution in [1.82, 2.24) is 24.9 Å². The number of carbonyl (C=O) groups excluding carboxylic acids is 1. The zero-order valence-electron chi connectivity index (χ0n) is 14.0. The van der Waals surface area contributed by atoms with Crippen molar-refractivity contribution in [3.05, 3.63) is 60.2 Å². The summed E-state index contributed by atoms with van der Waals surface area (Å²) in [6.07, 6.45) is 3.38. The minimum atomic E-state index is -0.246. The lowest BCUT2D eigenvalue weighted by Gasteiger charge is -2.07. The van der Waals surface area contributed by atoms with Gasteiger partial charge in [0.25, 0.3) is 5.91 Å². The molecule has 0 radical (unpaired) electrons. The Labute approximate surface area is 145 Å². The smallest absolute Gasteiger partial charge is 0.272 e. The fourth-order valence-electron chi connectivity index (χ4n) is 2.20. The first-order chi connectivity index (χ1) is 12.2. The van der Waals surface area contributed by atoms with E-state index in [9.17, 15) is 4.79 Å². The van der Waals surface area contributed by atoms with E-state index in [1.807, 2.05) is 37.4 Å². The van der Waals surface area contributed by atoms with Gasteiger partial charge in [0.05, 0.1) is 19.3 Å². The monoisotopic (exact) mass is 341 g/mol. The van der Waals surface area contributed by atoms with E-state index in [0.717, 1.165) is 11.4 Å². The van der Waals surface area contributed by atoms with Crippen LogP contribution in [-0.4, -0.2) is 32.6 Å². The van der Waals surface area contributed by atoms with E-state index < -0.39 is 0 Å². The highest BCUT2D eigenvalue weighted by Gasteiger charge is 2.10. The van der Waals surface area contributed by atoms with E-state index >= 15 is 0 Å². The van der Waals surface area contributed by atoms with Crippen molar-refractivity contribution in [2.24, 2.45) is 7.05 Å². The van der Waals surface area contributed by atoms with E-state index in [1.54, 1.807) is 34.9 Å². The molecule has 0 atom stereocenters. The number of amides is 1. The number of aromatic nitrogens is 4. The van der Waals surface area contributed by atoms with Crippen molar-refractivity contribution in [3.8, 4) is 11.5 Å². The molecular weight excluding hydrogens is 322 g/mol. The van der Waals surface area contributed by atoms with Gasteiger partial charge in [0.2, 0.25) is 0 Å². The van der Waals surface area contributed by atoms with Gasteiger partial charge in [0.1, 0.15) is 17.2 Å². The van der Waals surface area contributed by atoms with Crippen LogP contribution < -0.4 is 14.8 Å². The number of hydrogen-bond donors (Lipinski definition) is 1. The highest BCUT2D eigenvalue weighted by Crippen LogP contribution is 2.17. The molecule has 3 rings (SSSR count). The Morgan fingerprint density at radius 3 is 2.60 bits per heavy atom. The summed E-state index contributed by atoms with van der Waals surface area (Å²) in [6, 6.07) is 10.7. The van der Waals surface area contributed by atoms with Crippen LogP contribution in [-0.2, 0) is 20.3 Å². The van der Waals surface area contributed by atoms with Crippen molar-refractivity contribution in [3.63, 3.8) is 0 Å². The highest BCUT2D eigenvalue weighted by atomic mass is 16.5. The number of hydrogen-bond acceptors (Lipinski definition) is 5. The van der Waals surface area contributed by atoms with Crippen molar-refractivity contribution >= 4 is 5.91 Å². The molecule has 0 saturated carbocycles. The topological polar surface area (TPSA) is 83.2 Å². The second-order valence-corrected chi connectivity index (χ2v) is 5.32. The number of benzene rings is 1. The summed E-state index contributed by atoms with van der Waals surface area (Å²) in [5.41, 5.74) is 1.25. The Hall–Kier alpha value is -3.29. The number of aryl methyl sites for hydroxylation is 1. The highest BCUT2D eigenvalue weighted by molar-refractivity contribution is 5.92. The molecule has 8 heteroatoms. The third kappa shape index (κ3) is 4.17. The third-order valence-electron chi connectivity index (χ3n) is 3.65. The van der Waals surface area contributed by atoms with Gasteiger partial charge < -0.3 is 14.8 Å². The Balaban J connectivity index is 1.52. The Morgan fingerprint density at radius 2 is 1.92 bits per heavy atom. The maximum absolute atomic E-state index is 12.1. The van der Waals surface area contributed by atoms with Gasteiger partial charge in [-0.1, -0.05) is 0 Å². The van der Waals surface area contributed by atoms with E-state index in [0.29, 0.717) is 18.0 Å². The van der Waals surface area contributed by atoms with Gasteiger partial charge in [0.15, 0.2) is 6.73 Å². The average molecular weight is 341 g/mol. The zero-order chi connectivity index (χ0) is 17.6. The van der Waals surface area contributed by atoms with Crippen molar-refractivity contribution in [2.75, 3.05) is 7.11 Å². The molecule has 0 spiro atoms. The molecule has 130 valence electrons.